The quantitative estimate of drug-likeness (QED) is 0.733. The van der Waals surface area contributed by atoms with Crippen LogP contribution >= 0.6 is 11.3 Å². The van der Waals surface area contributed by atoms with Gasteiger partial charge in [0.1, 0.15) is 5.75 Å². The van der Waals surface area contributed by atoms with Crippen molar-refractivity contribution in [2.45, 2.75) is 32.2 Å². The Morgan fingerprint density at radius 2 is 1.97 bits per heavy atom. The smallest absolute Gasteiger partial charge is 0.409 e. The molecule has 0 bridgehead atoms. The van der Waals surface area contributed by atoms with Crippen LogP contribution < -0.4 is 10.5 Å². The molecule has 0 saturated carbocycles. The summed E-state index contributed by atoms with van der Waals surface area (Å²) in [7, 11) is 0. The van der Waals surface area contributed by atoms with Crippen LogP contribution in [0.2, 0.25) is 0 Å². The van der Waals surface area contributed by atoms with Gasteiger partial charge in [0.25, 0.3) is 0 Å². The molecule has 2 aliphatic rings. The number of ether oxygens (including phenoxy) is 1. The Balaban J connectivity index is 1.24. The number of benzene rings is 1. The molecule has 2 aliphatic heterocycles. The van der Waals surface area contributed by atoms with Crippen LogP contribution in [0.1, 0.15) is 36.1 Å². The summed E-state index contributed by atoms with van der Waals surface area (Å²) in [4.78, 5) is 29.3. The van der Waals surface area contributed by atoms with Crippen LogP contribution in [-0.4, -0.2) is 48.0 Å². The zero-order chi connectivity index (χ0) is 21.0. The average molecular weight is 427 g/mol. The van der Waals surface area contributed by atoms with E-state index in [1.165, 1.54) is 4.88 Å². The number of hydrogen-bond donors (Lipinski definition) is 1. The molecule has 2 amide bonds. The van der Waals surface area contributed by atoms with Crippen molar-refractivity contribution in [1.82, 2.24) is 9.80 Å². The van der Waals surface area contributed by atoms with Crippen LogP contribution in [0.4, 0.5) is 4.79 Å². The standard InChI is InChI=1S/C23H28N3O3S/c24-22(28)29-19-7-5-18(6-8-19)16-26-17-23(15-21(26)27)9-12-25(13-10-23)11-1-3-20-4-2-14-30-20/h2-8,14H,1,9-13,15-17H2,(H2,24,28). The molecule has 159 valence electrons. The first kappa shape index (κ1) is 20.9. The molecule has 0 aliphatic carbocycles. The molecule has 0 unspecified atom stereocenters. The summed E-state index contributed by atoms with van der Waals surface area (Å²) < 4.78 is 4.86. The number of thiophene rings is 1. The van der Waals surface area contributed by atoms with Gasteiger partial charge in [-0.2, -0.15) is 0 Å². The highest BCUT2D eigenvalue weighted by atomic mass is 32.1. The van der Waals surface area contributed by atoms with Gasteiger partial charge in [-0.05, 0) is 73.5 Å². The SMILES string of the molecule is NC(=O)Oc1ccc(CN2CC3(CCN(CC[CH]c4cccs4)CC3)CC2=O)cc1. The second kappa shape index (κ2) is 9.18. The molecule has 6 nitrogen and oxygen atoms in total. The third kappa shape index (κ3) is 5.21. The number of amides is 2. The van der Waals surface area contributed by atoms with Gasteiger partial charge in [0.05, 0.1) is 0 Å². The lowest BCUT2D eigenvalue weighted by molar-refractivity contribution is -0.128. The van der Waals surface area contributed by atoms with Gasteiger partial charge in [-0.25, -0.2) is 4.79 Å². The molecule has 2 N–H and O–H groups in total. The van der Waals surface area contributed by atoms with Crippen LogP contribution in [-0.2, 0) is 11.3 Å². The fraction of sp³-hybridized carbons (Fsp3) is 0.435. The van der Waals surface area contributed by atoms with E-state index in [1.54, 1.807) is 23.5 Å². The molecule has 1 aromatic carbocycles. The summed E-state index contributed by atoms with van der Waals surface area (Å²) >= 11 is 1.78. The van der Waals surface area contributed by atoms with E-state index in [9.17, 15) is 9.59 Å². The van der Waals surface area contributed by atoms with Crippen molar-refractivity contribution in [2.75, 3.05) is 26.2 Å². The number of nitrogens with two attached hydrogens (primary N) is 1. The molecule has 3 heterocycles. The Morgan fingerprint density at radius 1 is 1.20 bits per heavy atom. The van der Waals surface area contributed by atoms with E-state index in [4.69, 9.17) is 10.5 Å². The fourth-order valence-electron chi connectivity index (χ4n) is 4.51. The van der Waals surface area contributed by atoms with Crippen molar-refractivity contribution in [2.24, 2.45) is 11.1 Å². The molecular formula is C23H28N3O3S. The maximum atomic E-state index is 12.7. The van der Waals surface area contributed by atoms with E-state index in [0.717, 1.165) is 51.0 Å². The Morgan fingerprint density at radius 3 is 2.63 bits per heavy atom. The van der Waals surface area contributed by atoms with Gasteiger partial charge in [-0.3, -0.25) is 4.79 Å². The number of piperidine rings is 1. The van der Waals surface area contributed by atoms with Gasteiger partial charge < -0.3 is 20.3 Å². The number of nitrogens with zero attached hydrogens (tertiary/aromatic N) is 2. The third-order valence-electron chi connectivity index (χ3n) is 6.17. The predicted molar refractivity (Wildman–Crippen MR) is 117 cm³/mol. The lowest BCUT2D eigenvalue weighted by Crippen LogP contribution is -2.41. The van der Waals surface area contributed by atoms with Gasteiger partial charge in [-0.15, -0.1) is 11.3 Å². The lowest BCUT2D eigenvalue weighted by Gasteiger charge is -2.38. The first-order valence-corrected chi connectivity index (χ1v) is 11.3. The van der Waals surface area contributed by atoms with Crippen LogP contribution in [0.15, 0.2) is 41.8 Å². The number of carbonyl (C=O) groups is 2. The van der Waals surface area contributed by atoms with Crippen molar-refractivity contribution < 1.29 is 14.3 Å². The van der Waals surface area contributed by atoms with Crippen LogP contribution in [0.25, 0.3) is 0 Å². The van der Waals surface area contributed by atoms with Crippen molar-refractivity contribution in [3.63, 3.8) is 0 Å². The Labute approximate surface area is 181 Å². The van der Waals surface area contributed by atoms with Gasteiger partial charge in [0.2, 0.25) is 5.91 Å². The van der Waals surface area contributed by atoms with Crippen LogP contribution in [0, 0.1) is 11.8 Å². The van der Waals surface area contributed by atoms with Gasteiger partial charge in [-0.1, -0.05) is 18.2 Å². The maximum Gasteiger partial charge on any atom is 0.409 e. The highest BCUT2D eigenvalue weighted by Gasteiger charge is 2.44. The Kier molecular flexibility index (Phi) is 6.39. The molecule has 30 heavy (non-hydrogen) atoms. The molecule has 4 rings (SSSR count). The van der Waals surface area contributed by atoms with Crippen LogP contribution in [0.3, 0.4) is 0 Å². The lowest BCUT2D eigenvalue weighted by atomic mass is 9.77. The van der Waals surface area contributed by atoms with Gasteiger partial charge in [0.15, 0.2) is 0 Å². The highest BCUT2D eigenvalue weighted by Crippen LogP contribution is 2.41. The highest BCUT2D eigenvalue weighted by molar-refractivity contribution is 7.10. The summed E-state index contributed by atoms with van der Waals surface area (Å²) in [6.45, 7) is 4.65. The predicted octanol–water partition coefficient (Wildman–Crippen LogP) is 3.66. The summed E-state index contributed by atoms with van der Waals surface area (Å²) in [5.74, 6) is 0.658. The molecule has 7 heteroatoms. The molecule has 1 spiro atoms. The zero-order valence-corrected chi connectivity index (χ0v) is 17.9. The molecular weight excluding hydrogens is 398 g/mol. The zero-order valence-electron chi connectivity index (χ0n) is 17.1. The van der Waals surface area contributed by atoms with E-state index < -0.39 is 6.09 Å². The fourth-order valence-corrected chi connectivity index (χ4v) is 5.19. The second-order valence-electron chi connectivity index (χ2n) is 8.34. The largest absolute Gasteiger partial charge is 0.411 e. The van der Waals surface area contributed by atoms with E-state index in [2.05, 4.69) is 28.8 Å². The minimum Gasteiger partial charge on any atom is -0.411 e. The molecule has 2 saturated heterocycles. The summed E-state index contributed by atoms with van der Waals surface area (Å²) in [6, 6.07) is 11.4. The Bertz CT molecular complexity index is 858. The van der Waals surface area contributed by atoms with Crippen LogP contribution in [0.5, 0.6) is 5.75 Å². The monoisotopic (exact) mass is 426 g/mol. The number of hydrogen-bond acceptors (Lipinski definition) is 5. The van der Waals surface area contributed by atoms with E-state index >= 15 is 0 Å². The molecule has 0 atom stereocenters. The van der Waals surface area contributed by atoms with E-state index in [0.29, 0.717) is 18.7 Å². The van der Waals surface area contributed by atoms with Gasteiger partial charge in [0, 0.05) is 30.8 Å². The number of primary amides is 1. The van der Waals surface area contributed by atoms with Crippen molar-refractivity contribution in [3.05, 3.63) is 58.6 Å². The summed E-state index contributed by atoms with van der Waals surface area (Å²) in [6.07, 6.45) is 5.39. The van der Waals surface area contributed by atoms with E-state index in [-0.39, 0.29) is 11.3 Å². The minimum atomic E-state index is -0.824. The third-order valence-corrected chi connectivity index (χ3v) is 7.04. The van der Waals surface area contributed by atoms with Crippen molar-refractivity contribution >= 4 is 23.3 Å². The topological polar surface area (TPSA) is 75.9 Å². The molecule has 1 radical (unpaired) electrons. The average Bonchev–Trinajstić information content (AvgIpc) is 3.33. The normalized spacial score (nSPS) is 18.8. The number of likely N-dealkylation sites (tertiary alicyclic amines) is 2. The minimum absolute atomic E-state index is 0.125. The number of carbonyl (C=O) groups excluding carboxylic acids is 2. The first-order chi connectivity index (χ1) is 14.5. The molecule has 1 aromatic heterocycles. The first-order valence-electron chi connectivity index (χ1n) is 10.4. The number of rotatable bonds is 7. The summed E-state index contributed by atoms with van der Waals surface area (Å²) in [5, 5.41) is 2.11. The van der Waals surface area contributed by atoms with Gasteiger partial charge >= 0.3 is 6.09 Å². The molecule has 2 aromatic rings. The van der Waals surface area contributed by atoms with Crippen molar-refractivity contribution in [3.8, 4) is 5.75 Å². The molecule has 2 fully saturated rings. The van der Waals surface area contributed by atoms with Crippen molar-refractivity contribution in [1.29, 1.82) is 0 Å². The Hall–Kier alpha value is -2.38. The van der Waals surface area contributed by atoms with E-state index in [1.807, 2.05) is 17.0 Å². The summed E-state index contributed by atoms with van der Waals surface area (Å²) in [5.41, 5.74) is 6.18. The second-order valence-corrected chi connectivity index (χ2v) is 9.32. The maximum absolute atomic E-state index is 12.7.